The zero-order valence-electron chi connectivity index (χ0n) is 12.0. The van der Waals surface area contributed by atoms with Gasteiger partial charge in [0.15, 0.2) is 0 Å². The standard InChI is InChI=1S/C17H17N3/c1-12-10-14(11-18)8-9-15(12)20-13(2)19(3)16-6-4-5-7-17(16)20/h4-10,13H,1-3H3/t13-/m1/s1. The number of hydrogen-bond donors (Lipinski definition) is 0. The molecule has 0 N–H and O–H groups in total. The van der Waals surface area contributed by atoms with Crippen LogP contribution in [0.1, 0.15) is 18.1 Å². The van der Waals surface area contributed by atoms with Crippen LogP contribution in [0.25, 0.3) is 0 Å². The van der Waals surface area contributed by atoms with Gasteiger partial charge in [0.25, 0.3) is 0 Å². The number of aryl methyl sites for hydroxylation is 1. The Morgan fingerprint density at radius 1 is 1.05 bits per heavy atom. The molecule has 3 nitrogen and oxygen atoms in total. The van der Waals surface area contributed by atoms with Gasteiger partial charge < -0.3 is 9.80 Å². The van der Waals surface area contributed by atoms with E-state index in [1.807, 2.05) is 18.2 Å². The number of nitriles is 1. The van der Waals surface area contributed by atoms with Crippen LogP contribution in [0.2, 0.25) is 0 Å². The maximum atomic E-state index is 9.00. The van der Waals surface area contributed by atoms with Crippen molar-refractivity contribution in [3.63, 3.8) is 0 Å². The second-order valence-corrected chi connectivity index (χ2v) is 5.21. The summed E-state index contributed by atoms with van der Waals surface area (Å²) in [5, 5.41) is 9.00. The Labute approximate surface area is 119 Å². The molecule has 0 radical (unpaired) electrons. The van der Waals surface area contributed by atoms with Crippen LogP contribution in [0, 0.1) is 18.3 Å². The van der Waals surface area contributed by atoms with Crippen molar-refractivity contribution < 1.29 is 0 Å². The van der Waals surface area contributed by atoms with Crippen LogP contribution >= 0.6 is 0 Å². The number of anilines is 3. The number of hydrogen-bond acceptors (Lipinski definition) is 3. The Morgan fingerprint density at radius 3 is 2.40 bits per heavy atom. The predicted octanol–water partition coefficient (Wildman–Crippen LogP) is 3.80. The van der Waals surface area contributed by atoms with Crippen molar-refractivity contribution in [3.05, 3.63) is 53.6 Å². The molecule has 0 bridgehead atoms. The first-order chi connectivity index (χ1) is 9.63. The Balaban J connectivity index is 2.14. The molecular formula is C17H17N3. The maximum absolute atomic E-state index is 9.00. The minimum absolute atomic E-state index is 0.263. The van der Waals surface area contributed by atoms with Crippen molar-refractivity contribution in [2.24, 2.45) is 0 Å². The van der Waals surface area contributed by atoms with Gasteiger partial charge >= 0.3 is 0 Å². The molecule has 0 amide bonds. The van der Waals surface area contributed by atoms with Gasteiger partial charge in [-0.2, -0.15) is 5.26 Å². The van der Waals surface area contributed by atoms with Gasteiger partial charge in [-0.1, -0.05) is 12.1 Å². The largest absolute Gasteiger partial charge is 0.353 e. The van der Waals surface area contributed by atoms with Crippen LogP contribution in [-0.4, -0.2) is 13.2 Å². The lowest BCUT2D eigenvalue weighted by atomic mass is 10.1. The second kappa shape index (κ2) is 4.57. The third-order valence-corrected chi connectivity index (χ3v) is 4.04. The quantitative estimate of drug-likeness (QED) is 0.784. The third-order valence-electron chi connectivity index (χ3n) is 4.04. The predicted molar refractivity (Wildman–Crippen MR) is 82.3 cm³/mol. The van der Waals surface area contributed by atoms with E-state index in [2.05, 4.69) is 61.0 Å². The van der Waals surface area contributed by atoms with E-state index in [0.717, 1.165) is 11.3 Å². The normalized spacial score (nSPS) is 17.0. The second-order valence-electron chi connectivity index (χ2n) is 5.21. The molecule has 3 rings (SSSR count). The maximum Gasteiger partial charge on any atom is 0.103 e. The number of fused-ring (bicyclic) bond motifs is 1. The van der Waals surface area contributed by atoms with Crippen LogP contribution in [0.4, 0.5) is 17.1 Å². The zero-order chi connectivity index (χ0) is 14.3. The van der Waals surface area contributed by atoms with E-state index in [9.17, 15) is 0 Å². The monoisotopic (exact) mass is 263 g/mol. The van der Waals surface area contributed by atoms with E-state index in [4.69, 9.17) is 5.26 Å². The van der Waals surface area contributed by atoms with Crippen molar-refractivity contribution in [2.45, 2.75) is 20.0 Å². The van der Waals surface area contributed by atoms with E-state index in [-0.39, 0.29) is 6.17 Å². The fourth-order valence-electron chi connectivity index (χ4n) is 2.87. The number of rotatable bonds is 1. The summed E-state index contributed by atoms with van der Waals surface area (Å²) in [6.07, 6.45) is 0.263. The number of benzene rings is 2. The SMILES string of the molecule is Cc1cc(C#N)ccc1N1c2ccccc2N(C)[C@H]1C. The molecule has 1 aliphatic heterocycles. The molecule has 0 fully saturated rings. The first-order valence-electron chi connectivity index (χ1n) is 6.75. The highest BCUT2D eigenvalue weighted by molar-refractivity contribution is 5.84. The Bertz CT molecular complexity index is 700. The Hall–Kier alpha value is -2.47. The molecule has 2 aromatic carbocycles. The van der Waals surface area contributed by atoms with Crippen molar-refractivity contribution in [1.82, 2.24) is 0 Å². The van der Waals surface area contributed by atoms with Gasteiger partial charge in [-0.3, -0.25) is 0 Å². The molecule has 20 heavy (non-hydrogen) atoms. The first-order valence-corrected chi connectivity index (χ1v) is 6.75. The highest BCUT2D eigenvalue weighted by atomic mass is 15.4. The summed E-state index contributed by atoms with van der Waals surface area (Å²) < 4.78 is 0. The van der Waals surface area contributed by atoms with Gasteiger partial charge in [-0.05, 0) is 49.7 Å². The smallest absolute Gasteiger partial charge is 0.103 e. The number of nitrogens with zero attached hydrogens (tertiary/aromatic N) is 3. The third kappa shape index (κ3) is 1.73. The van der Waals surface area contributed by atoms with Gasteiger partial charge in [-0.25, -0.2) is 0 Å². The fourth-order valence-corrected chi connectivity index (χ4v) is 2.87. The lowest BCUT2D eigenvalue weighted by molar-refractivity contribution is 0.732. The summed E-state index contributed by atoms with van der Waals surface area (Å²) in [7, 11) is 2.11. The van der Waals surface area contributed by atoms with Crippen molar-refractivity contribution in [3.8, 4) is 6.07 Å². The van der Waals surface area contributed by atoms with E-state index in [1.165, 1.54) is 11.4 Å². The lowest BCUT2D eigenvalue weighted by Crippen LogP contribution is -2.35. The van der Waals surface area contributed by atoms with Gasteiger partial charge in [0, 0.05) is 12.7 Å². The first kappa shape index (κ1) is 12.6. The fraction of sp³-hybridized carbons (Fsp3) is 0.235. The molecule has 0 aromatic heterocycles. The van der Waals surface area contributed by atoms with E-state index < -0.39 is 0 Å². The molecule has 0 saturated carbocycles. The van der Waals surface area contributed by atoms with Crippen LogP contribution in [0.3, 0.4) is 0 Å². The molecule has 0 spiro atoms. The van der Waals surface area contributed by atoms with Gasteiger partial charge in [0.1, 0.15) is 6.17 Å². The summed E-state index contributed by atoms with van der Waals surface area (Å²) in [4.78, 5) is 4.60. The van der Waals surface area contributed by atoms with E-state index in [1.54, 1.807) is 0 Å². The summed E-state index contributed by atoms with van der Waals surface area (Å²) in [5.74, 6) is 0. The molecule has 3 heteroatoms. The van der Waals surface area contributed by atoms with Crippen LogP contribution in [-0.2, 0) is 0 Å². The topological polar surface area (TPSA) is 30.3 Å². The summed E-state index contributed by atoms with van der Waals surface area (Å²) in [6, 6.07) is 16.5. The minimum atomic E-state index is 0.263. The number of para-hydroxylation sites is 2. The van der Waals surface area contributed by atoms with Crippen molar-refractivity contribution >= 4 is 17.1 Å². The molecule has 0 saturated heterocycles. The summed E-state index contributed by atoms with van der Waals surface area (Å²) >= 11 is 0. The highest BCUT2D eigenvalue weighted by Gasteiger charge is 2.31. The van der Waals surface area contributed by atoms with Crippen molar-refractivity contribution in [1.29, 1.82) is 5.26 Å². The molecule has 1 heterocycles. The van der Waals surface area contributed by atoms with Crippen molar-refractivity contribution in [2.75, 3.05) is 16.8 Å². The molecular weight excluding hydrogens is 246 g/mol. The summed E-state index contributed by atoms with van der Waals surface area (Å²) in [6.45, 7) is 4.25. The molecule has 0 unspecified atom stereocenters. The molecule has 2 aromatic rings. The highest BCUT2D eigenvalue weighted by Crippen LogP contribution is 2.43. The average Bonchev–Trinajstić information content (AvgIpc) is 2.72. The molecule has 1 aliphatic rings. The van der Waals surface area contributed by atoms with Gasteiger partial charge in [0.2, 0.25) is 0 Å². The van der Waals surface area contributed by atoms with Gasteiger partial charge in [-0.15, -0.1) is 0 Å². The van der Waals surface area contributed by atoms with Crippen LogP contribution in [0.15, 0.2) is 42.5 Å². The van der Waals surface area contributed by atoms with Crippen LogP contribution in [0.5, 0.6) is 0 Å². The molecule has 0 aliphatic carbocycles. The minimum Gasteiger partial charge on any atom is -0.353 e. The van der Waals surface area contributed by atoms with E-state index >= 15 is 0 Å². The Morgan fingerprint density at radius 2 is 1.75 bits per heavy atom. The zero-order valence-corrected chi connectivity index (χ0v) is 12.0. The molecule has 100 valence electrons. The Kier molecular flexibility index (Phi) is 2.87. The average molecular weight is 263 g/mol. The lowest BCUT2D eigenvalue weighted by Gasteiger charge is -2.29. The van der Waals surface area contributed by atoms with Gasteiger partial charge in [0.05, 0.1) is 23.0 Å². The van der Waals surface area contributed by atoms with E-state index in [0.29, 0.717) is 5.56 Å². The molecule has 1 atom stereocenters. The van der Waals surface area contributed by atoms with Crippen LogP contribution < -0.4 is 9.80 Å². The summed E-state index contributed by atoms with van der Waals surface area (Å²) in [5.41, 5.74) is 5.45.